The molecule has 0 amide bonds. The molecule has 1 saturated carbocycles. The Morgan fingerprint density at radius 1 is 0.778 bits per heavy atom. The largest absolute Gasteiger partial charge is 0.481 e. The molecule has 8 nitrogen and oxygen atoms in total. The third-order valence-electron chi connectivity index (χ3n) is 9.13. The second-order valence-electron chi connectivity index (χ2n) is 13.7. The van der Waals surface area contributed by atoms with Gasteiger partial charge in [0.05, 0.1) is 5.92 Å². The molecule has 2 aromatic carbocycles. The first kappa shape index (κ1) is 37.1. The Labute approximate surface area is 272 Å². The van der Waals surface area contributed by atoms with Crippen molar-refractivity contribution in [3.05, 3.63) is 71.8 Å². The predicted molar refractivity (Wildman–Crippen MR) is 187 cm³/mol. The summed E-state index contributed by atoms with van der Waals surface area (Å²) in [6, 6.07) is 22.7. The molecule has 1 aliphatic carbocycles. The molecule has 0 bridgehead atoms. The van der Waals surface area contributed by atoms with E-state index in [-0.39, 0.29) is 18.0 Å². The van der Waals surface area contributed by atoms with Crippen LogP contribution in [-0.4, -0.2) is 74.0 Å². The van der Waals surface area contributed by atoms with Gasteiger partial charge in [-0.1, -0.05) is 80.9 Å². The van der Waals surface area contributed by atoms with Crippen LogP contribution < -0.4 is 32.7 Å². The van der Waals surface area contributed by atoms with Gasteiger partial charge in [0.2, 0.25) is 0 Å². The molecule has 9 N–H and O–H groups in total. The summed E-state index contributed by atoms with van der Waals surface area (Å²) in [4.78, 5) is 11.4. The average molecular weight is 623 g/mol. The highest BCUT2D eigenvalue weighted by atomic mass is 16.4. The first-order valence-corrected chi connectivity index (χ1v) is 17.5. The number of hydrogen-bond acceptors (Lipinski definition) is 7. The van der Waals surface area contributed by atoms with Crippen LogP contribution in [-0.2, 0) is 17.6 Å². The molecule has 8 heteroatoms. The maximum absolute atomic E-state index is 11.4. The van der Waals surface area contributed by atoms with Crippen LogP contribution >= 0.6 is 0 Å². The zero-order valence-electron chi connectivity index (χ0n) is 27.9. The van der Waals surface area contributed by atoms with Gasteiger partial charge < -0.3 is 37.8 Å². The summed E-state index contributed by atoms with van der Waals surface area (Å²) >= 11 is 0. The number of unbranched alkanes of at least 4 members (excludes halogenated alkanes) is 1. The maximum atomic E-state index is 11.4. The van der Waals surface area contributed by atoms with Gasteiger partial charge in [0.15, 0.2) is 0 Å². The van der Waals surface area contributed by atoms with Crippen molar-refractivity contribution in [1.82, 2.24) is 21.3 Å². The third-order valence-corrected chi connectivity index (χ3v) is 9.13. The lowest BCUT2D eigenvalue weighted by Gasteiger charge is -2.31. The van der Waals surface area contributed by atoms with E-state index >= 15 is 0 Å². The third kappa shape index (κ3) is 15.7. The summed E-state index contributed by atoms with van der Waals surface area (Å²) in [5.41, 5.74) is 15.0. The van der Waals surface area contributed by atoms with E-state index in [0.29, 0.717) is 24.0 Å². The van der Waals surface area contributed by atoms with Gasteiger partial charge in [-0.15, -0.1) is 0 Å². The molecule has 0 radical (unpaired) electrons. The molecule has 1 aliphatic rings. The molecule has 0 unspecified atom stereocenters. The van der Waals surface area contributed by atoms with Crippen LogP contribution in [0.5, 0.6) is 0 Å². The van der Waals surface area contributed by atoms with Gasteiger partial charge in [-0.05, 0) is 81.4 Å². The topological polar surface area (TPSA) is 137 Å². The van der Waals surface area contributed by atoms with Crippen LogP contribution in [0.15, 0.2) is 60.7 Å². The molecule has 0 aromatic heterocycles. The van der Waals surface area contributed by atoms with E-state index in [1.807, 2.05) is 6.07 Å². The summed E-state index contributed by atoms with van der Waals surface area (Å²) in [7, 11) is 0. The van der Waals surface area contributed by atoms with Crippen molar-refractivity contribution in [3.63, 3.8) is 0 Å². The lowest BCUT2D eigenvalue weighted by atomic mass is 9.86. The van der Waals surface area contributed by atoms with Crippen molar-refractivity contribution in [2.24, 2.45) is 23.3 Å². The van der Waals surface area contributed by atoms with Gasteiger partial charge in [-0.3, -0.25) is 4.79 Å². The van der Waals surface area contributed by atoms with E-state index in [4.69, 9.17) is 11.5 Å². The Morgan fingerprint density at radius 3 is 1.96 bits per heavy atom. The van der Waals surface area contributed by atoms with Gasteiger partial charge in [-0.25, -0.2) is 0 Å². The molecule has 0 aliphatic heterocycles. The van der Waals surface area contributed by atoms with Crippen molar-refractivity contribution < 1.29 is 9.90 Å². The minimum absolute atomic E-state index is 0.0553. The summed E-state index contributed by atoms with van der Waals surface area (Å²) in [6.45, 7) is 8.76. The van der Waals surface area contributed by atoms with E-state index in [1.165, 1.54) is 11.1 Å². The van der Waals surface area contributed by atoms with Crippen molar-refractivity contribution in [2.45, 2.75) is 108 Å². The smallest absolute Gasteiger partial charge is 0.306 e. The Bertz CT molecular complexity index is 1030. The second kappa shape index (κ2) is 21.5. The van der Waals surface area contributed by atoms with E-state index < -0.39 is 5.97 Å². The second-order valence-corrected chi connectivity index (χ2v) is 13.7. The zero-order valence-corrected chi connectivity index (χ0v) is 27.9. The Balaban J connectivity index is 1.55. The summed E-state index contributed by atoms with van der Waals surface area (Å²) in [5, 5.41) is 24.7. The summed E-state index contributed by atoms with van der Waals surface area (Å²) in [6.07, 6.45) is 9.56. The Hall–Kier alpha value is -2.33. The maximum Gasteiger partial charge on any atom is 0.306 e. The molecule has 252 valence electrons. The highest BCUT2D eigenvalue weighted by Crippen LogP contribution is 2.24. The van der Waals surface area contributed by atoms with E-state index in [2.05, 4.69) is 89.7 Å². The Kier molecular flexibility index (Phi) is 17.7. The molecule has 0 saturated heterocycles. The Morgan fingerprint density at radius 2 is 1.36 bits per heavy atom. The van der Waals surface area contributed by atoms with E-state index in [0.717, 1.165) is 96.9 Å². The van der Waals surface area contributed by atoms with Gasteiger partial charge in [0.1, 0.15) is 0 Å². The van der Waals surface area contributed by atoms with Gasteiger partial charge >= 0.3 is 5.97 Å². The van der Waals surface area contributed by atoms with Crippen LogP contribution in [0.2, 0.25) is 0 Å². The fraction of sp³-hybridized carbons (Fsp3) is 0.649. The number of benzene rings is 2. The fourth-order valence-corrected chi connectivity index (χ4v) is 6.51. The monoisotopic (exact) mass is 622 g/mol. The standard InChI is InChI=1S/C37H62N6O2/c1-28(2)21-35(26-42-34(15-9-10-20-38)25-41-33-18-16-31(17-19-33)37(44)45)43-27-36(23-30-13-7-4-8-14-30)40-24-32(39)22-29-11-5-3-6-12-29/h3-8,11-14,28,31-36,40-43H,9-10,15-27,38-39H2,1-2H3,(H,44,45)/t31?,32-,33?,34-,35-,36-/m1/s1. The SMILES string of the molecule is CC(C)C[C@H](CN[C@H](CCCCN)CNC1CCC(C(=O)O)CC1)NC[C@@H](Cc1ccccc1)NC[C@H](N)Cc1ccccc1. The lowest BCUT2D eigenvalue weighted by Crippen LogP contribution is -2.52. The minimum atomic E-state index is -0.644. The average Bonchev–Trinajstić information content (AvgIpc) is 3.04. The number of aliphatic carboxylic acids is 1. The van der Waals surface area contributed by atoms with Crippen LogP contribution in [0.1, 0.15) is 76.3 Å². The molecule has 4 atom stereocenters. The number of carboxylic acid groups (broad SMARTS) is 1. The highest BCUT2D eigenvalue weighted by Gasteiger charge is 2.26. The van der Waals surface area contributed by atoms with Crippen molar-refractivity contribution in [2.75, 3.05) is 32.7 Å². The van der Waals surface area contributed by atoms with E-state index in [9.17, 15) is 9.90 Å². The first-order valence-electron chi connectivity index (χ1n) is 17.5. The molecule has 45 heavy (non-hydrogen) atoms. The highest BCUT2D eigenvalue weighted by molar-refractivity contribution is 5.70. The first-order chi connectivity index (χ1) is 21.8. The minimum Gasteiger partial charge on any atom is -0.481 e. The number of nitrogens with two attached hydrogens (primary N) is 2. The number of carboxylic acids is 1. The van der Waals surface area contributed by atoms with Crippen LogP contribution in [0.4, 0.5) is 0 Å². The summed E-state index contributed by atoms with van der Waals surface area (Å²) < 4.78 is 0. The van der Waals surface area contributed by atoms with Crippen molar-refractivity contribution >= 4 is 5.97 Å². The number of nitrogens with one attached hydrogen (secondary N) is 4. The number of carbonyl (C=O) groups is 1. The molecule has 3 rings (SSSR count). The summed E-state index contributed by atoms with van der Waals surface area (Å²) in [5.74, 6) is -0.235. The van der Waals surface area contributed by atoms with Gasteiger partial charge in [-0.2, -0.15) is 0 Å². The van der Waals surface area contributed by atoms with Crippen LogP contribution in [0, 0.1) is 11.8 Å². The normalized spacial score (nSPS) is 19.7. The van der Waals surface area contributed by atoms with Crippen LogP contribution in [0.3, 0.4) is 0 Å². The van der Waals surface area contributed by atoms with Crippen molar-refractivity contribution in [3.8, 4) is 0 Å². The molecule has 0 heterocycles. The molecular formula is C37H62N6O2. The molecule has 0 spiro atoms. The van der Waals surface area contributed by atoms with Crippen LogP contribution in [0.25, 0.3) is 0 Å². The fourth-order valence-electron chi connectivity index (χ4n) is 6.51. The van der Waals surface area contributed by atoms with Gasteiger partial charge in [0.25, 0.3) is 0 Å². The number of hydrogen-bond donors (Lipinski definition) is 7. The number of rotatable bonds is 23. The van der Waals surface area contributed by atoms with Crippen molar-refractivity contribution in [1.29, 1.82) is 0 Å². The van der Waals surface area contributed by atoms with E-state index in [1.54, 1.807) is 0 Å². The zero-order chi connectivity index (χ0) is 32.3. The molecule has 1 fully saturated rings. The molecule has 2 aromatic rings. The van der Waals surface area contributed by atoms with Gasteiger partial charge in [0, 0.05) is 56.4 Å². The predicted octanol–water partition coefficient (Wildman–Crippen LogP) is 4.08. The lowest BCUT2D eigenvalue weighted by molar-refractivity contribution is -0.142. The molecular weight excluding hydrogens is 560 g/mol. The quantitative estimate of drug-likeness (QED) is 0.0921.